The van der Waals surface area contributed by atoms with Gasteiger partial charge in [0.15, 0.2) is 0 Å². The van der Waals surface area contributed by atoms with Crippen molar-refractivity contribution in [1.82, 2.24) is 0 Å². The van der Waals surface area contributed by atoms with Crippen LogP contribution < -0.4 is 10.6 Å². The van der Waals surface area contributed by atoms with Gasteiger partial charge in [0, 0.05) is 16.6 Å². The number of anilines is 2. The van der Waals surface area contributed by atoms with E-state index in [1.807, 2.05) is 0 Å². The van der Waals surface area contributed by atoms with Crippen molar-refractivity contribution >= 4 is 39.1 Å². The van der Waals surface area contributed by atoms with Crippen molar-refractivity contribution < 1.29 is 9.59 Å². The van der Waals surface area contributed by atoms with Crippen LogP contribution in [0.5, 0.6) is 0 Å². The lowest BCUT2D eigenvalue weighted by Gasteiger charge is -2.18. The lowest BCUT2D eigenvalue weighted by Crippen LogP contribution is -2.32. The van der Waals surface area contributed by atoms with Crippen LogP contribution in [0.25, 0.3) is 0 Å². The summed E-state index contributed by atoms with van der Waals surface area (Å²) >= 11 is 3.29. The Morgan fingerprint density at radius 2 is 2.00 bits per heavy atom. The first-order chi connectivity index (χ1) is 7.83. The van der Waals surface area contributed by atoms with E-state index in [2.05, 4.69) is 15.9 Å². The maximum Gasteiger partial charge on any atom is 0.239 e. The quantitative estimate of drug-likeness (QED) is 0.639. The minimum atomic E-state index is -0.620. The number of hydrogen-bond acceptors (Lipinski definition) is 3. The Labute approximate surface area is 108 Å². The standard InChI is InChI=1S/C12H13BrN2O2/c1-12(2)6-10(16)15(11(12)17)7-3-4-9(14)8(13)5-7/h3-5H,6,14H2,1-2H3. The third-order valence-corrected chi connectivity index (χ3v) is 3.55. The molecule has 4 nitrogen and oxygen atoms in total. The molecule has 0 atom stereocenters. The molecule has 0 aliphatic carbocycles. The second-order valence-corrected chi connectivity index (χ2v) is 5.66. The first-order valence-electron chi connectivity index (χ1n) is 5.25. The van der Waals surface area contributed by atoms with Crippen molar-refractivity contribution in [3.8, 4) is 0 Å². The lowest BCUT2D eigenvalue weighted by atomic mass is 9.92. The van der Waals surface area contributed by atoms with E-state index in [1.165, 1.54) is 4.90 Å². The predicted molar refractivity (Wildman–Crippen MR) is 69.4 cm³/mol. The molecule has 2 rings (SSSR count). The molecule has 2 amide bonds. The Kier molecular flexibility index (Phi) is 2.73. The van der Waals surface area contributed by atoms with Gasteiger partial charge in [-0.1, -0.05) is 13.8 Å². The summed E-state index contributed by atoms with van der Waals surface area (Å²) in [6.45, 7) is 3.55. The van der Waals surface area contributed by atoms with Gasteiger partial charge in [0.25, 0.3) is 0 Å². The number of nitrogen functional groups attached to an aromatic ring is 1. The summed E-state index contributed by atoms with van der Waals surface area (Å²) in [6.07, 6.45) is 0.244. The van der Waals surface area contributed by atoms with Gasteiger partial charge < -0.3 is 5.73 Å². The summed E-state index contributed by atoms with van der Waals surface area (Å²) in [5, 5.41) is 0. The monoisotopic (exact) mass is 296 g/mol. The number of amides is 2. The molecule has 17 heavy (non-hydrogen) atoms. The van der Waals surface area contributed by atoms with Crippen molar-refractivity contribution in [2.24, 2.45) is 5.41 Å². The molecule has 0 saturated carbocycles. The average Bonchev–Trinajstić information content (AvgIpc) is 2.42. The molecular weight excluding hydrogens is 284 g/mol. The molecule has 1 aromatic rings. The van der Waals surface area contributed by atoms with Crippen molar-refractivity contribution in [1.29, 1.82) is 0 Å². The van der Waals surface area contributed by atoms with Gasteiger partial charge in [0.2, 0.25) is 11.8 Å². The normalized spacial score (nSPS) is 18.9. The molecule has 1 saturated heterocycles. The second-order valence-electron chi connectivity index (χ2n) is 4.80. The van der Waals surface area contributed by atoms with Gasteiger partial charge >= 0.3 is 0 Å². The number of halogens is 1. The number of nitrogens with two attached hydrogens (primary N) is 1. The summed E-state index contributed by atoms with van der Waals surface area (Å²) in [5.74, 6) is -0.337. The Hall–Kier alpha value is -1.36. The zero-order valence-electron chi connectivity index (χ0n) is 9.66. The molecule has 90 valence electrons. The van der Waals surface area contributed by atoms with Gasteiger partial charge in [-0.25, -0.2) is 0 Å². The number of rotatable bonds is 1. The van der Waals surface area contributed by atoms with Crippen LogP contribution in [-0.2, 0) is 9.59 Å². The molecular formula is C12H13BrN2O2. The van der Waals surface area contributed by atoms with Gasteiger partial charge in [-0.05, 0) is 34.1 Å². The van der Waals surface area contributed by atoms with Crippen LogP contribution in [0.3, 0.4) is 0 Å². The molecule has 0 unspecified atom stereocenters. The van der Waals surface area contributed by atoms with Gasteiger partial charge in [0.05, 0.1) is 11.1 Å². The second kappa shape index (κ2) is 3.84. The Balaban J connectivity index is 2.44. The summed E-state index contributed by atoms with van der Waals surface area (Å²) in [5.41, 5.74) is 6.19. The number of imide groups is 1. The fourth-order valence-electron chi connectivity index (χ4n) is 1.87. The smallest absolute Gasteiger partial charge is 0.239 e. The molecule has 1 aliphatic heterocycles. The van der Waals surface area contributed by atoms with Crippen molar-refractivity contribution in [2.75, 3.05) is 10.6 Å². The number of benzene rings is 1. The van der Waals surface area contributed by atoms with E-state index in [1.54, 1.807) is 32.0 Å². The van der Waals surface area contributed by atoms with E-state index in [0.717, 1.165) is 0 Å². The van der Waals surface area contributed by atoms with E-state index in [0.29, 0.717) is 15.8 Å². The fourth-order valence-corrected chi connectivity index (χ4v) is 2.23. The van der Waals surface area contributed by atoms with Gasteiger partial charge in [-0.2, -0.15) is 0 Å². The third kappa shape index (κ3) is 1.95. The first kappa shape index (κ1) is 12.1. The van der Waals surface area contributed by atoms with E-state index >= 15 is 0 Å². The molecule has 1 heterocycles. The number of hydrogen-bond donors (Lipinski definition) is 1. The fraction of sp³-hybridized carbons (Fsp3) is 0.333. The Bertz CT molecular complexity index is 511. The summed E-state index contributed by atoms with van der Waals surface area (Å²) < 4.78 is 0.681. The predicted octanol–water partition coefficient (Wildman–Crippen LogP) is 2.32. The summed E-state index contributed by atoms with van der Waals surface area (Å²) in [6, 6.07) is 5.04. The van der Waals surface area contributed by atoms with Gasteiger partial charge in [-0.15, -0.1) is 0 Å². The van der Waals surface area contributed by atoms with E-state index in [4.69, 9.17) is 5.73 Å². The molecule has 1 fully saturated rings. The summed E-state index contributed by atoms with van der Waals surface area (Å²) in [4.78, 5) is 25.2. The molecule has 0 bridgehead atoms. The van der Waals surface area contributed by atoms with E-state index < -0.39 is 5.41 Å². The molecule has 1 aliphatic rings. The van der Waals surface area contributed by atoms with Crippen LogP contribution in [0.15, 0.2) is 22.7 Å². The minimum absolute atomic E-state index is 0.167. The maximum absolute atomic E-state index is 12.1. The van der Waals surface area contributed by atoms with Crippen LogP contribution in [0.2, 0.25) is 0 Å². The van der Waals surface area contributed by atoms with Gasteiger partial charge in [-0.3, -0.25) is 14.5 Å². The molecule has 0 spiro atoms. The van der Waals surface area contributed by atoms with Gasteiger partial charge in [0.1, 0.15) is 0 Å². The van der Waals surface area contributed by atoms with Crippen LogP contribution in [0.4, 0.5) is 11.4 Å². The highest BCUT2D eigenvalue weighted by molar-refractivity contribution is 9.10. The van der Waals surface area contributed by atoms with Crippen LogP contribution in [0, 0.1) is 5.41 Å². The third-order valence-electron chi connectivity index (χ3n) is 2.87. The Morgan fingerprint density at radius 1 is 1.35 bits per heavy atom. The number of nitrogens with zero attached hydrogens (tertiary/aromatic N) is 1. The molecule has 2 N–H and O–H groups in total. The van der Waals surface area contributed by atoms with E-state index in [-0.39, 0.29) is 18.2 Å². The topological polar surface area (TPSA) is 63.4 Å². The van der Waals surface area contributed by atoms with Crippen LogP contribution >= 0.6 is 15.9 Å². The minimum Gasteiger partial charge on any atom is -0.398 e. The lowest BCUT2D eigenvalue weighted by molar-refractivity contribution is -0.124. The zero-order chi connectivity index (χ0) is 12.8. The van der Waals surface area contributed by atoms with Crippen LogP contribution in [0.1, 0.15) is 20.3 Å². The number of carbonyl (C=O) groups excluding carboxylic acids is 2. The number of carbonyl (C=O) groups is 2. The first-order valence-corrected chi connectivity index (χ1v) is 6.04. The SMILES string of the molecule is CC1(C)CC(=O)N(c2ccc(N)c(Br)c2)C1=O. The van der Waals surface area contributed by atoms with Crippen LogP contribution in [-0.4, -0.2) is 11.8 Å². The van der Waals surface area contributed by atoms with E-state index in [9.17, 15) is 9.59 Å². The Morgan fingerprint density at radius 3 is 2.47 bits per heavy atom. The average molecular weight is 297 g/mol. The highest BCUT2D eigenvalue weighted by Crippen LogP contribution is 2.36. The largest absolute Gasteiger partial charge is 0.398 e. The maximum atomic E-state index is 12.1. The van der Waals surface area contributed by atoms with Crippen molar-refractivity contribution in [3.05, 3.63) is 22.7 Å². The molecule has 1 aromatic carbocycles. The van der Waals surface area contributed by atoms with Crippen molar-refractivity contribution in [3.63, 3.8) is 0 Å². The molecule has 0 aromatic heterocycles. The summed E-state index contributed by atoms with van der Waals surface area (Å²) in [7, 11) is 0. The highest BCUT2D eigenvalue weighted by atomic mass is 79.9. The molecule has 0 radical (unpaired) electrons. The highest BCUT2D eigenvalue weighted by Gasteiger charge is 2.45. The zero-order valence-corrected chi connectivity index (χ0v) is 11.2. The van der Waals surface area contributed by atoms with Crippen molar-refractivity contribution in [2.45, 2.75) is 20.3 Å². The molecule has 5 heteroatoms.